The van der Waals surface area contributed by atoms with E-state index in [1.165, 1.54) is 23.8 Å². The van der Waals surface area contributed by atoms with E-state index in [0.29, 0.717) is 5.92 Å². The summed E-state index contributed by atoms with van der Waals surface area (Å²) >= 11 is 3.60. The van der Waals surface area contributed by atoms with E-state index < -0.39 is 0 Å². The Morgan fingerprint density at radius 3 is 2.82 bits per heavy atom. The topological polar surface area (TPSA) is 24.9 Å². The molecule has 0 atom stereocenters. The molecule has 1 aromatic heterocycles. The van der Waals surface area contributed by atoms with E-state index in [1.54, 1.807) is 0 Å². The molecule has 0 spiro atoms. The maximum absolute atomic E-state index is 4.57. The lowest BCUT2D eigenvalue weighted by Gasteiger charge is -2.24. The van der Waals surface area contributed by atoms with Gasteiger partial charge in [0.1, 0.15) is 0 Å². The summed E-state index contributed by atoms with van der Waals surface area (Å²) in [5.74, 6) is 0.654. The van der Waals surface area contributed by atoms with Gasteiger partial charge in [0.05, 0.1) is 5.52 Å². The zero-order valence-corrected chi connectivity index (χ0v) is 11.2. The fourth-order valence-electron chi connectivity index (χ4n) is 2.62. The molecule has 1 aliphatic heterocycles. The molecule has 88 valence electrons. The summed E-state index contributed by atoms with van der Waals surface area (Å²) in [6, 6.07) is 8.52. The summed E-state index contributed by atoms with van der Waals surface area (Å²) in [4.78, 5) is 4.57. The second-order valence-corrected chi connectivity index (χ2v) is 5.41. The van der Waals surface area contributed by atoms with Crippen LogP contribution in [0.15, 0.2) is 34.9 Å². The average Bonchev–Trinajstić information content (AvgIpc) is 2.41. The number of pyridine rings is 1. The van der Waals surface area contributed by atoms with Gasteiger partial charge in [0.15, 0.2) is 0 Å². The summed E-state index contributed by atoms with van der Waals surface area (Å²) in [7, 11) is 0. The molecule has 2 aromatic rings. The van der Waals surface area contributed by atoms with Crippen LogP contribution < -0.4 is 5.32 Å². The highest BCUT2D eigenvalue weighted by atomic mass is 79.9. The normalized spacial score (nSPS) is 17.5. The van der Waals surface area contributed by atoms with Gasteiger partial charge in [-0.1, -0.05) is 28.1 Å². The van der Waals surface area contributed by atoms with Crippen LogP contribution in [-0.2, 0) is 0 Å². The molecular weight excluding hydrogens is 276 g/mol. The maximum atomic E-state index is 4.57. The molecule has 1 saturated heterocycles. The Morgan fingerprint density at radius 1 is 1.18 bits per heavy atom. The zero-order chi connectivity index (χ0) is 11.7. The standard InChI is InChI=1S/C14H15BrN2/c15-13-4-3-11(10-5-8-16-9-6-10)14-12(13)2-1-7-17-14/h1-4,7,10,16H,5-6,8-9H2. The van der Waals surface area contributed by atoms with Crippen LogP contribution in [0.4, 0.5) is 0 Å². The zero-order valence-electron chi connectivity index (χ0n) is 9.62. The minimum absolute atomic E-state index is 0.654. The van der Waals surface area contributed by atoms with Gasteiger partial charge in [0, 0.05) is 16.1 Å². The Kier molecular flexibility index (Phi) is 3.12. The smallest absolute Gasteiger partial charge is 0.0748 e. The van der Waals surface area contributed by atoms with Crippen molar-refractivity contribution in [2.45, 2.75) is 18.8 Å². The van der Waals surface area contributed by atoms with E-state index in [9.17, 15) is 0 Å². The Labute approximate surface area is 110 Å². The number of nitrogens with one attached hydrogen (secondary N) is 1. The summed E-state index contributed by atoms with van der Waals surface area (Å²) in [6.07, 6.45) is 4.32. The van der Waals surface area contributed by atoms with Crippen molar-refractivity contribution in [3.8, 4) is 0 Å². The van der Waals surface area contributed by atoms with Crippen LogP contribution in [0.5, 0.6) is 0 Å². The number of nitrogens with zero attached hydrogens (tertiary/aromatic N) is 1. The van der Waals surface area contributed by atoms with E-state index in [2.05, 4.69) is 44.4 Å². The van der Waals surface area contributed by atoms with Gasteiger partial charge in [0.2, 0.25) is 0 Å². The third kappa shape index (κ3) is 2.09. The van der Waals surface area contributed by atoms with Crippen molar-refractivity contribution in [2.75, 3.05) is 13.1 Å². The quantitative estimate of drug-likeness (QED) is 0.870. The molecule has 0 aliphatic carbocycles. The molecule has 0 unspecified atom stereocenters. The summed E-state index contributed by atoms with van der Waals surface area (Å²) in [5.41, 5.74) is 2.57. The van der Waals surface area contributed by atoms with E-state index >= 15 is 0 Å². The second-order valence-electron chi connectivity index (χ2n) is 4.56. The molecule has 0 amide bonds. The van der Waals surface area contributed by atoms with Gasteiger partial charge >= 0.3 is 0 Å². The molecule has 2 heterocycles. The minimum atomic E-state index is 0.654. The summed E-state index contributed by atoms with van der Waals surface area (Å²) < 4.78 is 1.14. The number of rotatable bonds is 1. The SMILES string of the molecule is Brc1ccc(C2CCNCC2)c2ncccc12. The minimum Gasteiger partial charge on any atom is -0.317 e. The van der Waals surface area contributed by atoms with Crippen LogP contribution >= 0.6 is 15.9 Å². The van der Waals surface area contributed by atoms with Crippen LogP contribution in [0, 0.1) is 0 Å². The molecular formula is C14H15BrN2. The third-order valence-electron chi connectivity index (χ3n) is 3.53. The molecule has 0 bridgehead atoms. The van der Waals surface area contributed by atoms with Gasteiger partial charge in [-0.25, -0.2) is 0 Å². The van der Waals surface area contributed by atoms with Crippen molar-refractivity contribution in [1.29, 1.82) is 0 Å². The average molecular weight is 291 g/mol. The Morgan fingerprint density at radius 2 is 2.00 bits per heavy atom. The maximum Gasteiger partial charge on any atom is 0.0748 e. The van der Waals surface area contributed by atoms with E-state index in [-0.39, 0.29) is 0 Å². The Balaban J connectivity index is 2.12. The first-order valence-corrected chi connectivity index (χ1v) is 6.89. The van der Waals surface area contributed by atoms with Gasteiger partial charge < -0.3 is 5.32 Å². The van der Waals surface area contributed by atoms with Gasteiger partial charge in [-0.15, -0.1) is 0 Å². The molecule has 0 radical (unpaired) electrons. The molecule has 1 fully saturated rings. The van der Waals surface area contributed by atoms with E-state index in [4.69, 9.17) is 0 Å². The predicted molar refractivity (Wildman–Crippen MR) is 74.3 cm³/mol. The van der Waals surface area contributed by atoms with Crippen LogP contribution in [0.2, 0.25) is 0 Å². The third-order valence-corrected chi connectivity index (χ3v) is 4.22. The lowest BCUT2D eigenvalue weighted by molar-refractivity contribution is 0.462. The van der Waals surface area contributed by atoms with Gasteiger partial charge in [-0.2, -0.15) is 0 Å². The number of hydrogen-bond donors (Lipinski definition) is 1. The van der Waals surface area contributed by atoms with Crippen molar-refractivity contribution >= 4 is 26.8 Å². The number of piperidine rings is 1. The number of halogens is 1. The second kappa shape index (κ2) is 4.75. The number of aromatic nitrogens is 1. The van der Waals surface area contributed by atoms with Crippen molar-refractivity contribution in [1.82, 2.24) is 10.3 Å². The van der Waals surface area contributed by atoms with E-state index in [1.807, 2.05) is 12.3 Å². The van der Waals surface area contributed by atoms with Crippen molar-refractivity contribution in [3.05, 3.63) is 40.5 Å². The van der Waals surface area contributed by atoms with Gasteiger partial charge in [-0.3, -0.25) is 4.98 Å². The molecule has 1 N–H and O–H groups in total. The van der Waals surface area contributed by atoms with Crippen LogP contribution in [0.1, 0.15) is 24.3 Å². The predicted octanol–water partition coefficient (Wildman–Crippen LogP) is 3.46. The molecule has 2 nitrogen and oxygen atoms in total. The van der Waals surface area contributed by atoms with Gasteiger partial charge in [-0.05, 0) is 49.5 Å². The summed E-state index contributed by atoms with van der Waals surface area (Å²) in [5, 5.41) is 4.64. The molecule has 3 heteroatoms. The highest BCUT2D eigenvalue weighted by Crippen LogP contribution is 2.33. The largest absolute Gasteiger partial charge is 0.317 e. The highest BCUT2D eigenvalue weighted by Gasteiger charge is 2.18. The molecule has 3 rings (SSSR count). The summed E-state index contributed by atoms with van der Waals surface area (Å²) in [6.45, 7) is 2.24. The monoisotopic (exact) mass is 290 g/mol. The van der Waals surface area contributed by atoms with Crippen molar-refractivity contribution < 1.29 is 0 Å². The van der Waals surface area contributed by atoms with Crippen LogP contribution in [0.25, 0.3) is 10.9 Å². The Hall–Kier alpha value is -0.930. The number of fused-ring (bicyclic) bond motifs is 1. The number of benzene rings is 1. The van der Waals surface area contributed by atoms with Crippen molar-refractivity contribution in [3.63, 3.8) is 0 Å². The number of hydrogen-bond acceptors (Lipinski definition) is 2. The van der Waals surface area contributed by atoms with Gasteiger partial charge in [0.25, 0.3) is 0 Å². The Bertz CT molecular complexity index is 533. The first kappa shape index (κ1) is 11.2. The first-order chi connectivity index (χ1) is 8.36. The lowest BCUT2D eigenvalue weighted by atomic mass is 9.89. The fourth-order valence-corrected chi connectivity index (χ4v) is 3.07. The highest BCUT2D eigenvalue weighted by molar-refractivity contribution is 9.10. The molecule has 0 saturated carbocycles. The first-order valence-electron chi connectivity index (χ1n) is 6.10. The molecule has 1 aromatic carbocycles. The molecule has 17 heavy (non-hydrogen) atoms. The fraction of sp³-hybridized carbons (Fsp3) is 0.357. The van der Waals surface area contributed by atoms with E-state index in [0.717, 1.165) is 23.1 Å². The van der Waals surface area contributed by atoms with Crippen LogP contribution in [-0.4, -0.2) is 18.1 Å². The van der Waals surface area contributed by atoms with Crippen LogP contribution in [0.3, 0.4) is 0 Å². The lowest BCUT2D eigenvalue weighted by Crippen LogP contribution is -2.26. The molecule has 1 aliphatic rings. The van der Waals surface area contributed by atoms with Crippen molar-refractivity contribution in [2.24, 2.45) is 0 Å².